The van der Waals surface area contributed by atoms with Crippen LogP contribution in [0.2, 0.25) is 0 Å². The predicted molar refractivity (Wildman–Crippen MR) is 90.4 cm³/mol. The Balaban J connectivity index is 1.90. The third-order valence-corrected chi connectivity index (χ3v) is 4.38. The summed E-state index contributed by atoms with van der Waals surface area (Å²) < 4.78 is 5.09. The molecule has 2 atom stereocenters. The number of benzene rings is 1. The summed E-state index contributed by atoms with van der Waals surface area (Å²) >= 11 is 0. The average molecular weight is 318 g/mol. The molecule has 1 heterocycles. The number of unbranched alkanes of at least 4 members (excludes halogenated alkanes) is 1. The minimum absolute atomic E-state index is 0.113. The summed E-state index contributed by atoms with van der Waals surface area (Å²) in [6.45, 7) is 5.73. The van der Waals surface area contributed by atoms with Gasteiger partial charge in [0, 0.05) is 25.2 Å². The fraction of sp³-hybridized carbons (Fsp3) is 0.556. The SMILES string of the molecule is CCCCN1C[C@H](C)[C@@H](CC(=O)Nc2ccc(OC)cc2)C1=O. The van der Waals surface area contributed by atoms with Gasteiger partial charge in [-0.3, -0.25) is 9.59 Å². The summed E-state index contributed by atoms with van der Waals surface area (Å²) in [5.74, 6) is 0.772. The quantitative estimate of drug-likeness (QED) is 0.841. The molecule has 2 rings (SSSR count). The van der Waals surface area contributed by atoms with Gasteiger partial charge in [-0.25, -0.2) is 0 Å². The number of methoxy groups -OCH3 is 1. The maximum Gasteiger partial charge on any atom is 0.226 e. The van der Waals surface area contributed by atoms with E-state index in [9.17, 15) is 9.59 Å². The molecule has 5 heteroatoms. The van der Waals surface area contributed by atoms with Gasteiger partial charge in [0.1, 0.15) is 5.75 Å². The van der Waals surface area contributed by atoms with Gasteiger partial charge in [-0.15, -0.1) is 0 Å². The van der Waals surface area contributed by atoms with Crippen molar-refractivity contribution < 1.29 is 14.3 Å². The second-order valence-electron chi connectivity index (χ2n) is 6.20. The van der Waals surface area contributed by atoms with Crippen LogP contribution in [0, 0.1) is 11.8 Å². The van der Waals surface area contributed by atoms with E-state index in [1.807, 2.05) is 4.90 Å². The first-order chi connectivity index (χ1) is 11.0. The van der Waals surface area contributed by atoms with Crippen molar-refractivity contribution >= 4 is 17.5 Å². The first-order valence-electron chi connectivity index (χ1n) is 8.27. The number of anilines is 1. The molecule has 126 valence electrons. The van der Waals surface area contributed by atoms with Gasteiger partial charge in [0.25, 0.3) is 0 Å². The molecule has 5 nitrogen and oxygen atoms in total. The van der Waals surface area contributed by atoms with Crippen LogP contribution in [0.1, 0.15) is 33.1 Å². The van der Waals surface area contributed by atoms with Crippen LogP contribution in [-0.4, -0.2) is 36.9 Å². The van der Waals surface area contributed by atoms with Crippen LogP contribution in [0.4, 0.5) is 5.69 Å². The van der Waals surface area contributed by atoms with Gasteiger partial charge in [0.2, 0.25) is 11.8 Å². The molecule has 1 saturated heterocycles. The van der Waals surface area contributed by atoms with Crippen molar-refractivity contribution in [3.63, 3.8) is 0 Å². The maximum atomic E-state index is 12.4. The molecule has 1 aliphatic rings. The number of carbonyl (C=O) groups is 2. The topological polar surface area (TPSA) is 58.6 Å². The molecule has 1 aliphatic heterocycles. The van der Waals surface area contributed by atoms with E-state index in [0.717, 1.165) is 37.4 Å². The fourth-order valence-electron chi connectivity index (χ4n) is 2.97. The van der Waals surface area contributed by atoms with E-state index in [0.29, 0.717) is 0 Å². The van der Waals surface area contributed by atoms with E-state index in [2.05, 4.69) is 19.2 Å². The lowest BCUT2D eigenvalue weighted by molar-refractivity contribution is -0.133. The van der Waals surface area contributed by atoms with Gasteiger partial charge in [0.15, 0.2) is 0 Å². The van der Waals surface area contributed by atoms with Crippen LogP contribution in [0.15, 0.2) is 24.3 Å². The van der Waals surface area contributed by atoms with E-state index in [1.54, 1.807) is 31.4 Å². The smallest absolute Gasteiger partial charge is 0.226 e. The molecule has 1 aromatic carbocycles. The van der Waals surface area contributed by atoms with E-state index >= 15 is 0 Å². The molecule has 1 N–H and O–H groups in total. The van der Waals surface area contributed by atoms with Crippen LogP contribution in [0.5, 0.6) is 5.75 Å². The van der Waals surface area contributed by atoms with Crippen molar-refractivity contribution in [2.24, 2.45) is 11.8 Å². The third-order valence-electron chi connectivity index (χ3n) is 4.38. The second kappa shape index (κ2) is 7.99. The normalized spacial score (nSPS) is 20.7. The number of nitrogens with one attached hydrogen (secondary N) is 1. The molecule has 0 aliphatic carbocycles. The molecule has 0 aromatic heterocycles. The largest absolute Gasteiger partial charge is 0.497 e. The molecule has 0 saturated carbocycles. The zero-order valence-corrected chi connectivity index (χ0v) is 14.2. The number of hydrogen-bond acceptors (Lipinski definition) is 3. The number of likely N-dealkylation sites (tertiary alicyclic amines) is 1. The number of amides is 2. The summed E-state index contributed by atoms with van der Waals surface area (Å²) in [7, 11) is 1.60. The number of hydrogen-bond donors (Lipinski definition) is 1. The highest BCUT2D eigenvalue weighted by molar-refractivity contribution is 5.94. The van der Waals surface area contributed by atoms with E-state index in [1.165, 1.54) is 0 Å². The summed E-state index contributed by atoms with van der Waals surface area (Å²) in [5, 5.41) is 2.85. The highest BCUT2D eigenvalue weighted by atomic mass is 16.5. The van der Waals surface area contributed by atoms with E-state index in [4.69, 9.17) is 4.74 Å². The van der Waals surface area contributed by atoms with Crippen LogP contribution in [0.3, 0.4) is 0 Å². The van der Waals surface area contributed by atoms with Crippen molar-refractivity contribution in [3.05, 3.63) is 24.3 Å². The number of ether oxygens (including phenoxy) is 1. The Kier molecular flexibility index (Phi) is 6.02. The Morgan fingerprint density at radius 1 is 1.35 bits per heavy atom. The van der Waals surface area contributed by atoms with Crippen LogP contribution >= 0.6 is 0 Å². The molecule has 1 fully saturated rings. The van der Waals surface area contributed by atoms with Crippen LogP contribution < -0.4 is 10.1 Å². The Labute approximate surface area is 138 Å². The minimum Gasteiger partial charge on any atom is -0.497 e. The van der Waals surface area contributed by atoms with Crippen LogP contribution in [-0.2, 0) is 9.59 Å². The van der Waals surface area contributed by atoms with Crippen LogP contribution in [0.25, 0.3) is 0 Å². The Morgan fingerprint density at radius 2 is 2.04 bits per heavy atom. The summed E-state index contributed by atoms with van der Waals surface area (Å²) in [4.78, 5) is 26.5. The fourth-order valence-corrected chi connectivity index (χ4v) is 2.97. The highest BCUT2D eigenvalue weighted by Gasteiger charge is 2.38. The lowest BCUT2D eigenvalue weighted by Crippen LogP contribution is -2.29. The average Bonchev–Trinajstić information content (AvgIpc) is 2.81. The first-order valence-corrected chi connectivity index (χ1v) is 8.27. The lowest BCUT2D eigenvalue weighted by Gasteiger charge is -2.16. The lowest BCUT2D eigenvalue weighted by atomic mass is 9.94. The molecule has 23 heavy (non-hydrogen) atoms. The molecule has 0 unspecified atom stereocenters. The second-order valence-corrected chi connectivity index (χ2v) is 6.20. The van der Waals surface area contributed by atoms with Gasteiger partial charge in [0.05, 0.1) is 13.0 Å². The monoisotopic (exact) mass is 318 g/mol. The van der Waals surface area contributed by atoms with Gasteiger partial charge in [-0.05, 0) is 36.6 Å². The number of nitrogens with zero attached hydrogens (tertiary/aromatic N) is 1. The first kappa shape index (κ1) is 17.3. The van der Waals surface area contributed by atoms with Crippen molar-refractivity contribution in [1.29, 1.82) is 0 Å². The van der Waals surface area contributed by atoms with E-state index in [-0.39, 0.29) is 30.1 Å². The van der Waals surface area contributed by atoms with Crippen molar-refractivity contribution in [3.8, 4) is 5.75 Å². The van der Waals surface area contributed by atoms with Crippen molar-refractivity contribution in [2.75, 3.05) is 25.5 Å². The van der Waals surface area contributed by atoms with E-state index < -0.39 is 0 Å². The molecule has 0 radical (unpaired) electrons. The Bertz CT molecular complexity index is 542. The zero-order valence-electron chi connectivity index (χ0n) is 14.2. The van der Waals surface area contributed by atoms with Gasteiger partial charge >= 0.3 is 0 Å². The molecular formula is C18H26N2O3. The highest BCUT2D eigenvalue weighted by Crippen LogP contribution is 2.28. The summed E-state index contributed by atoms with van der Waals surface area (Å²) in [6.07, 6.45) is 2.33. The number of carbonyl (C=O) groups excluding carboxylic acids is 2. The summed E-state index contributed by atoms with van der Waals surface area (Å²) in [6, 6.07) is 7.19. The molecular weight excluding hydrogens is 292 g/mol. The molecule has 0 bridgehead atoms. The van der Waals surface area contributed by atoms with Gasteiger partial charge in [-0.1, -0.05) is 20.3 Å². The molecule has 0 spiro atoms. The Morgan fingerprint density at radius 3 is 2.65 bits per heavy atom. The standard InChI is InChI=1S/C18H26N2O3/c1-4-5-10-20-12-13(2)16(18(20)22)11-17(21)19-14-6-8-15(23-3)9-7-14/h6-9,13,16H,4-5,10-12H2,1-3H3,(H,19,21)/t13-,16+/m0/s1. The molecule has 1 aromatic rings. The maximum absolute atomic E-state index is 12.4. The minimum atomic E-state index is -0.204. The van der Waals surface area contributed by atoms with Gasteiger partial charge < -0.3 is 15.0 Å². The van der Waals surface area contributed by atoms with Crippen molar-refractivity contribution in [1.82, 2.24) is 4.90 Å². The van der Waals surface area contributed by atoms with Crippen molar-refractivity contribution in [2.45, 2.75) is 33.1 Å². The number of rotatable bonds is 7. The third kappa shape index (κ3) is 4.47. The van der Waals surface area contributed by atoms with Gasteiger partial charge in [-0.2, -0.15) is 0 Å². The predicted octanol–water partition coefficient (Wildman–Crippen LogP) is 2.92. The Hall–Kier alpha value is -2.04. The summed E-state index contributed by atoms with van der Waals surface area (Å²) in [5.41, 5.74) is 0.719. The zero-order chi connectivity index (χ0) is 16.8. The molecule has 2 amide bonds.